The van der Waals surface area contributed by atoms with Gasteiger partial charge in [0.15, 0.2) is 11.6 Å². The van der Waals surface area contributed by atoms with Gasteiger partial charge in [0.25, 0.3) is 0 Å². The first kappa shape index (κ1) is 19.1. The van der Waals surface area contributed by atoms with E-state index in [2.05, 4.69) is 9.97 Å². The second kappa shape index (κ2) is 8.45. The van der Waals surface area contributed by atoms with Crippen LogP contribution < -0.4 is 4.74 Å². The highest BCUT2D eigenvalue weighted by Crippen LogP contribution is 2.18. The first-order valence-corrected chi connectivity index (χ1v) is 9.10. The highest BCUT2D eigenvalue weighted by molar-refractivity contribution is 6.09. The molecule has 0 radical (unpaired) electrons. The Morgan fingerprint density at radius 3 is 1.87 bits per heavy atom. The van der Waals surface area contributed by atoms with Crippen LogP contribution in [0.15, 0.2) is 91.3 Å². The molecule has 0 saturated carbocycles. The summed E-state index contributed by atoms with van der Waals surface area (Å²) in [5.74, 6) is -0.474. The summed E-state index contributed by atoms with van der Waals surface area (Å²) < 4.78 is 18.3. The van der Waals surface area contributed by atoms with E-state index in [9.17, 15) is 14.0 Å². The van der Waals surface area contributed by atoms with Gasteiger partial charge in [-0.3, -0.25) is 4.79 Å². The molecule has 3 aromatic carbocycles. The van der Waals surface area contributed by atoms with E-state index in [-0.39, 0.29) is 17.1 Å². The molecule has 4 rings (SSSR count). The van der Waals surface area contributed by atoms with E-state index in [0.717, 1.165) is 5.56 Å². The van der Waals surface area contributed by atoms with Crippen LogP contribution in [0.25, 0.3) is 11.4 Å². The maximum absolute atomic E-state index is 13.0. The molecule has 0 fully saturated rings. The summed E-state index contributed by atoms with van der Waals surface area (Å²) in [5.41, 5.74) is 1.83. The lowest BCUT2D eigenvalue weighted by atomic mass is 10.0. The number of carbonyl (C=O) groups excluding carboxylic acids is 2. The first-order chi connectivity index (χ1) is 14.6. The van der Waals surface area contributed by atoms with E-state index < -0.39 is 11.8 Å². The van der Waals surface area contributed by atoms with Crippen molar-refractivity contribution in [2.75, 3.05) is 0 Å². The van der Waals surface area contributed by atoms with Gasteiger partial charge in [0.1, 0.15) is 11.6 Å². The minimum Gasteiger partial charge on any atom is -0.423 e. The van der Waals surface area contributed by atoms with Gasteiger partial charge in [-0.2, -0.15) is 0 Å². The van der Waals surface area contributed by atoms with Crippen molar-refractivity contribution < 1.29 is 18.7 Å². The Morgan fingerprint density at radius 1 is 0.700 bits per heavy atom. The highest BCUT2D eigenvalue weighted by Gasteiger charge is 2.13. The van der Waals surface area contributed by atoms with Crippen molar-refractivity contribution in [3.05, 3.63) is 114 Å². The van der Waals surface area contributed by atoms with Crippen LogP contribution in [0.3, 0.4) is 0 Å². The van der Waals surface area contributed by atoms with Gasteiger partial charge >= 0.3 is 5.97 Å². The normalized spacial score (nSPS) is 10.4. The van der Waals surface area contributed by atoms with E-state index >= 15 is 0 Å². The SMILES string of the molecule is O=C(Oc1ccc(C(=O)c2ccc(F)cc2)cc1)c1cnc(-c2ccccc2)nc1. The van der Waals surface area contributed by atoms with Crippen molar-refractivity contribution in [3.63, 3.8) is 0 Å². The molecule has 1 aromatic heterocycles. The minimum absolute atomic E-state index is 0.209. The molecule has 4 aromatic rings. The predicted octanol–water partition coefficient (Wildman–Crippen LogP) is 4.73. The van der Waals surface area contributed by atoms with Crippen LogP contribution >= 0.6 is 0 Å². The number of carbonyl (C=O) groups is 2. The van der Waals surface area contributed by atoms with Gasteiger partial charge in [-0.25, -0.2) is 19.2 Å². The number of esters is 1. The zero-order valence-corrected chi connectivity index (χ0v) is 15.7. The van der Waals surface area contributed by atoms with Crippen LogP contribution in [0.2, 0.25) is 0 Å². The van der Waals surface area contributed by atoms with Gasteiger partial charge in [-0.05, 0) is 48.5 Å². The van der Waals surface area contributed by atoms with Gasteiger partial charge < -0.3 is 4.74 Å². The van der Waals surface area contributed by atoms with Crippen LogP contribution in [-0.2, 0) is 0 Å². The Labute approximate surface area is 171 Å². The topological polar surface area (TPSA) is 69.2 Å². The van der Waals surface area contributed by atoms with Gasteiger partial charge in [0, 0.05) is 29.1 Å². The van der Waals surface area contributed by atoms with Crippen LogP contribution in [0.5, 0.6) is 5.75 Å². The van der Waals surface area contributed by atoms with E-state index in [1.807, 2.05) is 30.3 Å². The maximum Gasteiger partial charge on any atom is 0.346 e. The van der Waals surface area contributed by atoms with Crippen LogP contribution in [-0.4, -0.2) is 21.7 Å². The molecule has 6 heteroatoms. The Balaban J connectivity index is 1.43. The maximum atomic E-state index is 13.0. The smallest absolute Gasteiger partial charge is 0.346 e. The number of ketones is 1. The zero-order valence-electron chi connectivity index (χ0n) is 15.7. The minimum atomic E-state index is -0.604. The lowest BCUT2D eigenvalue weighted by Gasteiger charge is -2.06. The molecule has 0 aliphatic rings. The van der Waals surface area contributed by atoms with Crippen molar-refractivity contribution in [3.8, 4) is 17.1 Å². The summed E-state index contributed by atoms with van der Waals surface area (Å²) in [6, 6.07) is 20.8. The summed E-state index contributed by atoms with van der Waals surface area (Å²) in [7, 11) is 0. The van der Waals surface area contributed by atoms with Crippen LogP contribution in [0.1, 0.15) is 26.3 Å². The molecule has 146 valence electrons. The van der Waals surface area contributed by atoms with Gasteiger partial charge in [-0.15, -0.1) is 0 Å². The molecular formula is C24H15FN2O3. The van der Waals surface area contributed by atoms with Crippen molar-refractivity contribution in [1.82, 2.24) is 9.97 Å². The second-order valence-corrected chi connectivity index (χ2v) is 6.41. The second-order valence-electron chi connectivity index (χ2n) is 6.41. The van der Waals surface area contributed by atoms with Gasteiger partial charge in [0.2, 0.25) is 0 Å². The van der Waals surface area contributed by atoms with E-state index in [1.54, 1.807) is 12.1 Å². The van der Waals surface area contributed by atoms with Crippen LogP contribution in [0, 0.1) is 5.82 Å². The van der Waals surface area contributed by atoms with E-state index in [4.69, 9.17) is 4.74 Å². The summed E-state index contributed by atoms with van der Waals surface area (Å²) in [6.45, 7) is 0. The van der Waals surface area contributed by atoms with E-state index in [0.29, 0.717) is 17.0 Å². The number of aromatic nitrogens is 2. The molecule has 1 heterocycles. The lowest BCUT2D eigenvalue weighted by molar-refractivity contribution is 0.0734. The monoisotopic (exact) mass is 398 g/mol. The number of rotatable bonds is 5. The van der Waals surface area contributed by atoms with Crippen molar-refractivity contribution in [2.24, 2.45) is 0 Å². The molecule has 0 atom stereocenters. The average molecular weight is 398 g/mol. The Bertz CT molecular complexity index is 1170. The molecule has 0 bridgehead atoms. The number of hydrogen-bond donors (Lipinski definition) is 0. The highest BCUT2D eigenvalue weighted by atomic mass is 19.1. The molecule has 0 saturated heterocycles. The largest absolute Gasteiger partial charge is 0.423 e. The van der Waals surface area contributed by atoms with Gasteiger partial charge in [-0.1, -0.05) is 30.3 Å². The Morgan fingerprint density at radius 2 is 1.27 bits per heavy atom. The zero-order chi connectivity index (χ0) is 20.9. The molecule has 30 heavy (non-hydrogen) atoms. The number of nitrogens with zero attached hydrogens (tertiary/aromatic N) is 2. The summed E-state index contributed by atoms with van der Waals surface area (Å²) in [5, 5.41) is 0. The lowest BCUT2D eigenvalue weighted by Crippen LogP contribution is -2.10. The van der Waals surface area contributed by atoms with Gasteiger partial charge in [0.05, 0.1) is 5.56 Å². The fourth-order valence-corrected chi connectivity index (χ4v) is 2.78. The Hall–Kier alpha value is -4.19. The molecule has 0 unspecified atom stereocenters. The number of halogens is 1. The third-order valence-corrected chi connectivity index (χ3v) is 4.35. The molecule has 0 aliphatic heterocycles. The number of ether oxygens (including phenoxy) is 1. The summed E-state index contributed by atoms with van der Waals surface area (Å²) in [4.78, 5) is 33.2. The third-order valence-electron chi connectivity index (χ3n) is 4.35. The fourth-order valence-electron chi connectivity index (χ4n) is 2.78. The molecule has 5 nitrogen and oxygen atoms in total. The number of benzene rings is 3. The standard InChI is InChI=1S/C24H15FN2O3/c25-20-10-6-16(7-11-20)22(28)17-8-12-21(13-9-17)30-24(29)19-14-26-23(27-15-19)18-4-2-1-3-5-18/h1-15H. The van der Waals surface area contributed by atoms with Crippen molar-refractivity contribution in [2.45, 2.75) is 0 Å². The molecule has 0 spiro atoms. The van der Waals surface area contributed by atoms with Crippen molar-refractivity contribution in [1.29, 1.82) is 0 Å². The third kappa shape index (κ3) is 4.28. The van der Waals surface area contributed by atoms with Crippen LogP contribution in [0.4, 0.5) is 4.39 Å². The van der Waals surface area contributed by atoms with E-state index in [1.165, 1.54) is 48.8 Å². The summed E-state index contributed by atoms with van der Waals surface area (Å²) in [6.07, 6.45) is 2.81. The molecular weight excluding hydrogens is 383 g/mol. The summed E-state index contributed by atoms with van der Waals surface area (Å²) >= 11 is 0. The predicted molar refractivity (Wildman–Crippen MR) is 109 cm³/mol. The Kier molecular flexibility index (Phi) is 5.39. The molecule has 0 amide bonds. The number of hydrogen-bond acceptors (Lipinski definition) is 5. The molecule has 0 aliphatic carbocycles. The first-order valence-electron chi connectivity index (χ1n) is 9.10. The fraction of sp³-hybridized carbons (Fsp3) is 0. The van der Waals surface area contributed by atoms with Crippen molar-refractivity contribution >= 4 is 11.8 Å². The quantitative estimate of drug-likeness (QED) is 0.276. The average Bonchev–Trinajstić information content (AvgIpc) is 2.80. The molecule has 0 N–H and O–H groups in total.